The van der Waals surface area contributed by atoms with Gasteiger partial charge in [0.2, 0.25) is 15.9 Å². The first-order valence-electron chi connectivity index (χ1n) is 8.25. The van der Waals surface area contributed by atoms with Crippen LogP contribution in [0.15, 0.2) is 35.5 Å². The zero-order chi connectivity index (χ0) is 18.9. The van der Waals surface area contributed by atoms with Crippen molar-refractivity contribution in [3.05, 3.63) is 36.4 Å². The standard InChI is InChI=1S/C17H21FN4O3S/c1-21(2)11-16(23)20-13-6-7-22(10-13)26(24,25)15-5-3-4-12-8-19-9-14(18)17(12)15/h3-5,8-9,13H,6-7,10-11H2,1-2H3,(H,20,23)/t13-/m1/s1. The van der Waals surface area contributed by atoms with Crippen molar-refractivity contribution in [2.45, 2.75) is 17.4 Å². The summed E-state index contributed by atoms with van der Waals surface area (Å²) in [5.74, 6) is -0.821. The molecule has 3 rings (SSSR count). The van der Waals surface area contributed by atoms with Crippen LogP contribution in [-0.4, -0.2) is 68.3 Å². The van der Waals surface area contributed by atoms with E-state index in [0.29, 0.717) is 11.8 Å². The number of nitrogens with one attached hydrogen (secondary N) is 1. The van der Waals surface area contributed by atoms with Crippen LogP contribution in [0, 0.1) is 5.82 Å². The molecule has 1 amide bonds. The van der Waals surface area contributed by atoms with Gasteiger partial charge in [0.1, 0.15) is 0 Å². The Labute approximate surface area is 151 Å². The number of pyridine rings is 1. The number of likely N-dealkylation sites (N-methyl/N-ethyl adjacent to an activating group) is 1. The van der Waals surface area contributed by atoms with Gasteiger partial charge in [-0.15, -0.1) is 0 Å². The Bertz CT molecular complexity index is 927. The maximum absolute atomic E-state index is 14.2. The van der Waals surface area contributed by atoms with Crippen molar-refractivity contribution in [2.24, 2.45) is 0 Å². The molecule has 1 atom stereocenters. The SMILES string of the molecule is CN(C)CC(=O)N[C@@H]1CCN(S(=O)(=O)c2cccc3cncc(F)c23)C1. The summed E-state index contributed by atoms with van der Waals surface area (Å²) in [6.07, 6.45) is 2.97. The first kappa shape index (κ1) is 18.7. The number of carbonyl (C=O) groups excluding carboxylic acids is 1. The van der Waals surface area contributed by atoms with Crippen molar-refractivity contribution in [1.29, 1.82) is 0 Å². The van der Waals surface area contributed by atoms with Gasteiger partial charge in [0.15, 0.2) is 5.82 Å². The predicted octanol–water partition coefficient (Wildman–Crippen LogP) is 0.815. The summed E-state index contributed by atoms with van der Waals surface area (Å²) >= 11 is 0. The highest BCUT2D eigenvalue weighted by molar-refractivity contribution is 7.89. The van der Waals surface area contributed by atoms with E-state index >= 15 is 0 Å². The summed E-state index contributed by atoms with van der Waals surface area (Å²) in [5.41, 5.74) is 0. The maximum atomic E-state index is 14.2. The number of nitrogens with zero attached hydrogens (tertiary/aromatic N) is 3. The van der Waals surface area contributed by atoms with Gasteiger partial charge in [0.25, 0.3) is 0 Å². The summed E-state index contributed by atoms with van der Waals surface area (Å²) in [6.45, 7) is 0.688. The molecule has 1 fully saturated rings. The van der Waals surface area contributed by atoms with E-state index in [1.165, 1.54) is 16.6 Å². The molecule has 1 aliphatic heterocycles. The number of halogens is 1. The fraction of sp³-hybridized carbons (Fsp3) is 0.412. The summed E-state index contributed by atoms with van der Waals surface area (Å²) in [6, 6.07) is 4.35. The molecule has 2 aromatic rings. The van der Waals surface area contributed by atoms with E-state index in [-0.39, 0.29) is 41.9 Å². The van der Waals surface area contributed by atoms with Gasteiger partial charge in [0.05, 0.1) is 17.6 Å². The fourth-order valence-corrected chi connectivity index (χ4v) is 4.86. The molecule has 1 aliphatic rings. The van der Waals surface area contributed by atoms with Crippen molar-refractivity contribution in [3.63, 3.8) is 0 Å². The van der Waals surface area contributed by atoms with E-state index in [1.54, 1.807) is 31.1 Å². The lowest BCUT2D eigenvalue weighted by atomic mass is 10.2. The average Bonchev–Trinajstić information content (AvgIpc) is 3.03. The molecule has 0 aliphatic carbocycles. The molecule has 1 aromatic carbocycles. The minimum Gasteiger partial charge on any atom is -0.351 e. The van der Waals surface area contributed by atoms with Crippen molar-refractivity contribution < 1.29 is 17.6 Å². The molecular formula is C17H21FN4O3S. The number of rotatable bonds is 5. The third-order valence-corrected chi connectivity index (χ3v) is 6.20. The largest absolute Gasteiger partial charge is 0.351 e. The molecule has 0 saturated carbocycles. The zero-order valence-electron chi connectivity index (χ0n) is 14.6. The van der Waals surface area contributed by atoms with E-state index in [9.17, 15) is 17.6 Å². The molecule has 2 heterocycles. The minimum absolute atomic E-state index is 0.0441. The van der Waals surface area contributed by atoms with E-state index in [0.717, 1.165) is 6.20 Å². The third-order valence-electron chi connectivity index (χ3n) is 4.29. The number of hydrogen-bond donors (Lipinski definition) is 1. The molecule has 0 spiro atoms. The number of fused-ring (bicyclic) bond motifs is 1. The minimum atomic E-state index is -3.88. The molecule has 0 radical (unpaired) electrons. The monoisotopic (exact) mass is 380 g/mol. The maximum Gasteiger partial charge on any atom is 0.243 e. The first-order valence-corrected chi connectivity index (χ1v) is 9.69. The van der Waals surface area contributed by atoms with Crippen LogP contribution in [0.4, 0.5) is 4.39 Å². The highest BCUT2D eigenvalue weighted by atomic mass is 32.2. The number of sulfonamides is 1. The first-order chi connectivity index (χ1) is 12.3. The van der Waals surface area contributed by atoms with E-state index in [4.69, 9.17) is 0 Å². The van der Waals surface area contributed by atoms with Crippen molar-refractivity contribution >= 4 is 26.7 Å². The van der Waals surface area contributed by atoms with Crippen LogP contribution < -0.4 is 5.32 Å². The Balaban J connectivity index is 1.83. The summed E-state index contributed by atoms with van der Waals surface area (Å²) in [7, 11) is -0.302. The molecule has 1 aromatic heterocycles. The fourth-order valence-electron chi connectivity index (χ4n) is 3.14. The summed E-state index contributed by atoms with van der Waals surface area (Å²) in [5, 5.41) is 3.32. The Morgan fingerprint density at radius 2 is 2.15 bits per heavy atom. The van der Waals surface area contributed by atoms with Gasteiger partial charge in [-0.2, -0.15) is 4.31 Å². The molecule has 7 nitrogen and oxygen atoms in total. The smallest absolute Gasteiger partial charge is 0.243 e. The van der Waals surface area contributed by atoms with Crippen LogP contribution in [0.25, 0.3) is 10.8 Å². The molecule has 0 unspecified atom stereocenters. The van der Waals surface area contributed by atoms with E-state index in [1.807, 2.05) is 0 Å². The lowest BCUT2D eigenvalue weighted by Crippen LogP contribution is -2.42. The van der Waals surface area contributed by atoms with Crippen LogP contribution in [0.5, 0.6) is 0 Å². The molecule has 26 heavy (non-hydrogen) atoms. The van der Waals surface area contributed by atoms with Crippen LogP contribution in [-0.2, 0) is 14.8 Å². The van der Waals surface area contributed by atoms with Gasteiger partial charge < -0.3 is 10.2 Å². The van der Waals surface area contributed by atoms with Crippen LogP contribution in [0.2, 0.25) is 0 Å². The quantitative estimate of drug-likeness (QED) is 0.830. The van der Waals surface area contributed by atoms with Crippen LogP contribution >= 0.6 is 0 Å². The molecule has 1 saturated heterocycles. The topological polar surface area (TPSA) is 82.6 Å². The Morgan fingerprint density at radius 1 is 1.38 bits per heavy atom. The number of benzene rings is 1. The lowest BCUT2D eigenvalue weighted by Gasteiger charge is -2.19. The lowest BCUT2D eigenvalue weighted by molar-refractivity contribution is -0.122. The number of hydrogen-bond acceptors (Lipinski definition) is 5. The predicted molar refractivity (Wildman–Crippen MR) is 95.6 cm³/mol. The molecule has 140 valence electrons. The zero-order valence-corrected chi connectivity index (χ0v) is 15.5. The van der Waals surface area contributed by atoms with Gasteiger partial charge in [-0.1, -0.05) is 12.1 Å². The number of aromatic nitrogens is 1. The highest BCUT2D eigenvalue weighted by Gasteiger charge is 2.34. The second-order valence-electron chi connectivity index (χ2n) is 6.63. The Kier molecular flexibility index (Phi) is 5.22. The normalized spacial score (nSPS) is 18.5. The highest BCUT2D eigenvalue weighted by Crippen LogP contribution is 2.29. The average molecular weight is 380 g/mol. The molecular weight excluding hydrogens is 359 g/mol. The Morgan fingerprint density at radius 3 is 2.88 bits per heavy atom. The summed E-state index contributed by atoms with van der Waals surface area (Å²) in [4.78, 5) is 17.3. The number of carbonyl (C=O) groups is 1. The molecule has 9 heteroatoms. The van der Waals surface area contributed by atoms with Gasteiger partial charge in [0, 0.05) is 36.1 Å². The number of amides is 1. The second-order valence-corrected chi connectivity index (χ2v) is 8.54. The summed E-state index contributed by atoms with van der Waals surface area (Å²) < 4.78 is 41.6. The van der Waals surface area contributed by atoms with Gasteiger partial charge in [-0.25, -0.2) is 12.8 Å². The van der Waals surface area contributed by atoms with Crippen molar-refractivity contribution in [3.8, 4) is 0 Å². The van der Waals surface area contributed by atoms with Crippen LogP contribution in [0.1, 0.15) is 6.42 Å². The second kappa shape index (κ2) is 7.26. The van der Waals surface area contributed by atoms with Gasteiger partial charge >= 0.3 is 0 Å². The van der Waals surface area contributed by atoms with Crippen molar-refractivity contribution in [2.75, 3.05) is 33.7 Å². The Hall–Kier alpha value is -2.10. The third kappa shape index (κ3) is 3.69. The van der Waals surface area contributed by atoms with E-state index in [2.05, 4.69) is 10.3 Å². The van der Waals surface area contributed by atoms with Crippen LogP contribution in [0.3, 0.4) is 0 Å². The van der Waals surface area contributed by atoms with Gasteiger partial charge in [-0.3, -0.25) is 9.78 Å². The molecule has 0 bridgehead atoms. The van der Waals surface area contributed by atoms with E-state index < -0.39 is 15.8 Å². The van der Waals surface area contributed by atoms with Gasteiger partial charge in [-0.05, 0) is 26.6 Å². The van der Waals surface area contributed by atoms with Crippen molar-refractivity contribution in [1.82, 2.24) is 19.5 Å². The molecule has 1 N–H and O–H groups in total.